The molecule has 1 heterocycles. The Balaban J connectivity index is 1.75. The number of hydrogen-bond donors (Lipinski definition) is 2. The molecular formula is C18H27F3N4. The summed E-state index contributed by atoms with van der Waals surface area (Å²) >= 11 is 0. The highest BCUT2D eigenvalue weighted by atomic mass is 19.4. The number of aliphatic imine (C=N–C) groups is 1. The van der Waals surface area contributed by atoms with Crippen LogP contribution in [0, 0.1) is 5.92 Å². The Morgan fingerprint density at radius 1 is 1.24 bits per heavy atom. The molecule has 1 saturated heterocycles. The van der Waals surface area contributed by atoms with Gasteiger partial charge in [-0.05, 0) is 37.8 Å². The smallest absolute Gasteiger partial charge is 0.357 e. The summed E-state index contributed by atoms with van der Waals surface area (Å²) in [5.74, 6) is 0.916. The van der Waals surface area contributed by atoms with Gasteiger partial charge in [-0.2, -0.15) is 13.2 Å². The second-order valence-corrected chi connectivity index (χ2v) is 6.39. The molecule has 1 aliphatic rings. The quantitative estimate of drug-likeness (QED) is 0.583. The molecule has 1 aliphatic heterocycles. The number of nitrogens with one attached hydrogen (secondary N) is 2. The van der Waals surface area contributed by atoms with Crippen LogP contribution in [-0.2, 0) is 6.42 Å². The van der Waals surface area contributed by atoms with E-state index in [1.165, 1.54) is 10.5 Å². The third-order valence-electron chi connectivity index (χ3n) is 4.17. The van der Waals surface area contributed by atoms with Gasteiger partial charge in [-0.3, -0.25) is 9.89 Å². The molecule has 25 heavy (non-hydrogen) atoms. The first-order chi connectivity index (χ1) is 12.0. The number of alkyl halides is 3. The van der Waals surface area contributed by atoms with E-state index in [9.17, 15) is 13.2 Å². The van der Waals surface area contributed by atoms with Gasteiger partial charge in [0.15, 0.2) is 5.96 Å². The van der Waals surface area contributed by atoms with E-state index in [2.05, 4.69) is 27.8 Å². The van der Waals surface area contributed by atoms with Crippen LogP contribution in [0.3, 0.4) is 0 Å². The topological polar surface area (TPSA) is 39.7 Å². The molecule has 0 amide bonds. The van der Waals surface area contributed by atoms with Gasteiger partial charge in [0.25, 0.3) is 0 Å². The fourth-order valence-electron chi connectivity index (χ4n) is 2.99. The summed E-state index contributed by atoms with van der Waals surface area (Å²) in [6.07, 6.45) is -2.46. The third-order valence-corrected chi connectivity index (χ3v) is 4.17. The highest BCUT2D eigenvalue weighted by Gasteiger charge is 2.34. The molecule has 1 unspecified atom stereocenters. The number of guanidine groups is 1. The number of likely N-dealkylation sites (tertiary alicyclic amines) is 1. The Labute approximate surface area is 147 Å². The van der Waals surface area contributed by atoms with Crippen molar-refractivity contribution >= 4 is 5.96 Å². The lowest BCUT2D eigenvalue weighted by Crippen LogP contribution is -2.38. The Bertz CT molecular complexity index is 531. The molecule has 4 nitrogen and oxygen atoms in total. The maximum atomic E-state index is 12.4. The first kappa shape index (κ1) is 19.6. The highest BCUT2D eigenvalue weighted by molar-refractivity contribution is 5.79. The van der Waals surface area contributed by atoms with Crippen molar-refractivity contribution in [2.45, 2.75) is 25.9 Å². The minimum atomic E-state index is -4.12. The Morgan fingerprint density at radius 3 is 2.68 bits per heavy atom. The van der Waals surface area contributed by atoms with Crippen LogP contribution in [0.25, 0.3) is 0 Å². The van der Waals surface area contributed by atoms with Crippen molar-refractivity contribution in [3.8, 4) is 0 Å². The largest absolute Gasteiger partial charge is 0.401 e. The van der Waals surface area contributed by atoms with E-state index in [1.54, 1.807) is 0 Å². The lowest BCUT2D eigenvalue weighted by molar-refractivity contribution is -0.143. The molecule has 0 saturated carbocycles. The van der Waals surface area contributed by atoms with E-state index in [4.69, 9.17) is 0 Å². The van der Waals surface area contributed by atoms with E-state index >= 15 is 0 Å². The molecule has 1 fully saturated rings. The highest BCUT2D eigenvalue weighted by Crippen LogP contribution is 2.22. The van der Waals surface area contributed by atoms with Crippen molar-refractivity contribution in [2.24, 2.45) is 10.9 Å². The minimum Gasteiger partial charge on any atom is -0.357 e. The van der Waals surface area contributed by atoms with E-state index < -0.39 is 12.7 Å². The number of halogens is 3. The summed E-state index contributed by atoms with van der Waals surface area (Å²) in [4.78, 5) is 6.01. The molecule has 140 valence electrons. The van der Waals surface area contributed by atoms with E-state index in [1.807, 2.05) is 25.1 Å². The lowest BCUT2D eigenvalue weighted by Gasteiger charge is -2.17. The average molecular weight is 356 g/mol. The van der Waals surface area contributed by atoms with Gasteiger partial charge < -0.3 is 10.6 Å². The van der Waals surface area contributed by atoms with Crippen molar-refractivity contribution in [1.29, 1.82) is 0 Å². The third kappa shape index (κ3) is 7.77. The molecule has 1 aromatic carbocycles. The SMILES string of the molecule is CCNC(=NCC1CCN(CC(F)(F)F)C1)NCCc1ccccc1. The monoisotopic (exact) mass is 356 g/mol. The molecule has 0 aromatic heterocycles. The molecule has 2 rings (SSSR count). The zero-order valence-corrected chi connectivity index (χ0v) is 14.6. The fraction of sp³-hybridized carbons (Fsp3) is 0.611. The van der Waals surface area contributed by atoms with Gasteiger partial charge >= 0.3 is 6.18 Å². The normalized spacial score (nSPS) is 19.2. The minimum absolute atomic E-state index is 0.187. The molecular weight excluding hydrogens is 329 g/mol. The maximum absolute atomic E-state index is 12.4. The zero-order chi connectivity index (χ0) is 18.1. The van der Waals surface area contributed by atoms with Crippen LogP contribution in [0.4, 0.5) is 13.2 Å². The first-order valence-electron chi connectivity index (χ1n) is 8.81. The number of nitrogens with zero attached hydrogens (tertiary/aromatic N) is 2. The summed E-state index contributed by atoms with van der Waals surface area (Å²) in [6, 6.07) is 10.2. The van der Waals surface area contributed by atoms with Crippen LogP contribution >= 0.6 is 0 Å². The van der Waals surface area contributed by atoms with Gasteiger partial charge in [0.2, 0.25) is 0 Å². The molecule has 0 radical (unpaired) electrons. The van der Waals surface area contributed by atoms with E-state index in [-0.39, 0.29) is 5.92 Å². The van der Waals surface area contributed by atoms with Gasteiger partial charge in [0.1, 0.15) is 0 Å². The van der Waals surface area contributed by atoms with Crippen molar-refractivity contribution in [3.63, 3.8) is 0 Å². The molecule has 1 aromatic rings. The molecule has 0 bridgehead atoms. The second kappa shape index (κ2) is 9.65. The number of rotatable bonds is 7. The Hall–Kier alpha value is -1.76. The summed E-state index contributed by atoms with van der Waals surface area (Å²) in [5, 5.41) is 6.48. The summed E-state index contributed by atoms with van der Waals surface area (Å²) in [5.41, 5.74) is 1.25. The molecule has 0 spiro atoms. The van der Waals surface area contributed by atoms with Crippen molar-refractivity contribution < 1.29 is 13.2 Å². The average Bonchev–Trinajstić information content (AvgIpc) is 2.99. The summed E-state index contributed by atoms with van der Waals surface area (Å²) in [6.45, 7) is 4.21. The summed E-state index contributed by atoms with van der Waals surface area (Å²) < 4.78 is 37.3. The van der Waals surface area contributed by atoms with Crippen LogP contribution in [-0.4, -0.2) is 56.3 Å². The van der Waals surface area contributed by atoms with Crippen molar-refractivity contribution in [1.82, 2.24) is 15.5 Å². The van der Waals surface area contributed by atoms with Crippen molar-refractivity contribution in [3.05, 3.63) is 35.9 Å². The Morgan fingerprint density at radius 2 is 2.00 bits per heavy atom. The zero-order valence-electron chi connectivity index (χ0n) is 14.6. The fourth-order valence-corrected chi connectivity index (χ4v) is 2.99. The van der Waals surface area contributed by atoms with Crippen LogP contribution in [0.5, 0.6) is 0 Å². The molecule has 2 N–H and O–H groups in total. The number of hydrogen-bond acceptors (Lipinski definition) is 2. The van der Waals surface area contributed by atoms with Crippen LogP contribution < -0.4 is 10.6 Å². The van der Waals surface area contributed by atoms with Gasteiger partial charge in [-0.1, -0.05) is 30.3 Å². The molecule has 7 heteroatoms. The van der Waals surface area contributed by atoms with Crippen LogP contribution in [0.15, 0.2) is 35.3 Å². The predicted octanol–water partition coefficient (Wildman–Crippen LogP) is 2.67. The standard InChI is InChI=1S/C18H27F3N4/c1-2-22-17(23-10-8-15-6-4-3-5-7-15)24-12-16-9-11-25(13-16)14-18(19,20)21/h3-7,16H,2,8-14H2,1H3,(H2,22,23,24). The first-order valence-corrected chi connectivity index (χ1v) is 8.81. The molecule has 0 aliphatic carbocycles. The van der Waals surface area contributed by atoms with Gasteiger partial charge in [0.05, 0.1) is 6.54 Å². The summed E-state index contributed by atoms with van der Waals surface area (Å²) in [7, 11) is 0. The van der Waals surface area contributed by atoms with Gasteiger partial charge in [-0.25, -0.2) is 0 Å². The molecule has 1 atom stereocenters. The van der Waals surface area contributed by atoms with Crippen LogP contribution in [0.2, 0.25) is 0 Å². The van der Waals surface area contributed by atoms with Gasteiger partial charge in [0, 0.05) is 26.2 Å². The predicted molar refractivity (Wildman–Crippen MR) is 94.7 cm³/mol. The van der Waals surface area contributed by atoms with Crippen molar-refractivity contribution in [2.75, 3.05) is 39.3 Å². The van der Waals surface area contributed by atoms with Crippen LogP contribution in [0.1, 0.15) is 18.9 Å². The number of benzene rings is 1. The Kier molecular flexibility index (Phi) is 7.55. The van der Waals surface area contributed by atoms with Gasteiger partial charge in [-0.15, -0.1) is 0 Å². The second-order valence-electron chi connectivity index (χ2n) is 6.39. The van der Waals surface area contributed by atoms with E-state index in [0.717, 1.165) is 31.9 Å². The maximum Gasteiger partial charge on any atom is 0.401 e. The lowest BCUT2D eigenvalue weighted by atomic mass is 10.1. The van der Waals surface area contributed by atoms with E-state index in [0.29, 0.717) is 19.6 Å².